The van der Waals surface area contributed by atoms with Gasteiger partial charge in [0.2, 0.25) is 5.89 Å². The molecule has 0 spiro atoms. The molecular weight excluding hydrogens is 260 g/mol. The number of oxazole rings is 1. The van der Waals surface area contributed by atoms with Crippen molar-refractivity contribution in [1.29, 1.82) is 0 Å². The van der Waals surface area contributed by atoms with Crippen LogP contribution in [0.25, 0.3) is 32.9 Å². The molecule has 3 heterocycles. The Bertz CT molecular complexity index is 863. The Balaban J connectivity index is 1.92. The van der Waals surface area contributed by atoms with Gasteiger partial charge < -0.3 is 10.2 Å². The van der Waals surface area contributed by atoms with Gasteiger partial charge in [-0.1, -0.05) is 11.3 Å². The fourth-order valence-corrected chi connectivity index (χ4v) is 2.74. The number of benzene rings is 1. The zero-order valence-electron chi connectivity index (χ0n) is 9.70. The van der Waals surface area contributed by atoms with Gasteiger partial charge in [-0.15, -0.1) is 0 Å². The minimum atomic E-state index is 0.558. The highest BCUT2D eigenvalue weighted by atomic mass is 32.1. The summed E-state index contributed by atoms with van der Waals surface area (Å²) in [6.45, 7) is 0. The van der Waals surface area contributed by atoms with E-state index in [9.17, 15) is 0 Å². The molecule has 0 aliphatic rings. The average molecular weight is 268 g/mol. The maximum absolute atomic E-state index is 5.70. The first-order chi connectivity index (χ1) is 9.29. The highest BCUT2D eigenvalue weighted by Gasteiger charge is 2.10. The van der Waals surface area contributed by atoms with Gasteiger partial charge in [0.25, 0.3) is 0 Å². The third-order valence-corrected chi connectivity index (χ3v) is 3.66. The van der Waals surface area contributed by atoms with Crippen molar-refractivity contribution in [1.82, 2.24) is 15.0 Å². The third kappa shape index (κ3) is 1.65. The maximum Gasteiger partial charge on any atom is 0.228 e. The van der Waals surface area contributed by atoms with Gasteiger partial charge in [-0.3, -0.25) is 0 Å². The van der Waals surface area contributed by atoms with Gasteiger partial charge in [0.15, 0.2) is 16.4 Å². The second-order valence-corrected chi connectivity index (χ2v) is 5.14. The van der Waals surface area contributed by atoms with Crippen molar-refractivity contribution >= 4 is 37.9 Å². The molecule has 2 N–H and O–H groups in total. The summed E-state index contributed by atoms with van der Waals surface area (Å²) in [6.07, 6.45) is 1.70. The van der Waals surface area contributed by atoms with Gasteiger partial charge in [-0.2, -0.15) is 4.98 Å². The number of anilines is 1. The molecule has 92 valence electrons. The number of rotatable bonds is 1. The Labute approximate surface area is 111 Å². The lowest BCUT2D eigenvalue weighted by molar-refractivity contribution is 0.620. The number of fused-ring (bicyclic) bond motifs is 2. The van der Waals surface area contributed by atoms with E-state index in [0.717, 1.165) is 15.8 Å². The van der Waals surface area contributed by atoms with Crippen LogP contribution in [0, 0.1) is 0 Å². The Morgan fingerprint density at radius 3 is 3.00 bits per heavy atom. The van der Waals surface area contributed by atoms with Crippen LogP contribution in [-0.4, -0.2) is 15.0 Å². The van der Waals surface area contributed by atoms with E-state index in [4.69, 9.17) is 10.2 Å². The highest BCUT2D eigenvalue weighted by Crippen LogP contribution is 2.29. The molecule has 19 heavy (non-hydrogen) atoms. The standard InChI is InChI=1S/C13H8N4OS/c14-13-16-8-4-3-7(6-10(8)19-13)12-17-11-9(18-12)2-1-5-15-11/h1-6H,(H2,14,16). The number of nitrogens with two attached hydrogens (primary N) is 1. The maximum atomic E-state index is 5.70. The number of nitrogens with zero attached hydrogens (tertiary/aromatic N) is 3. The topological polar surface area (TPSA) is 77.8 Å². The van der Waals surface area contributed by atoms with Crippen LogP contribution in [0.15, 0.2) is 40.9 Å². The monoisotopic (exact) mass is 268 g/mol. The zero-order valence-corrected chi connectivity index (χ0v) is 10.5. The first kappa shape index (κ1) is 10.5. The molecule has 0 atom stereocenters. The fraction of sp³-hybridized carbons (Fsp3) is 0. The molecule has 6 heteroatoms. The number of aromatic nitrogens is 3. The number of hydrogen-bond donors (Lipinski definition) is 1. The van der Waals surface area contributed by atoms with Crippen molar-refractivity contribution < 1.29 is 4.42 Å². The van der Waals surface area contributed by atoms with Crippen LogP contribution in [0.2, 0.25) is 0 Å². The molecule has 0 radical (unpaired) electrons. The second-order valence-electron chi connectivity index (χ2n) is 4.08. The van der Waals surface area contributed by atoms with E-state index in [0.29, 0.717) is 22.3 Å². The summed E-state index contributed by atoms with van der Waals surface area (Å²) in [7, 11) is 0. The number of hydrogen-bond acceptors (Lipinski definition) is 6. The van der Waals surface area contributed by atoms with Crippen LogP contribution in [0.3, 0.4) is 0 Å². The quantitative estimate of drug-likeness (QED) is 0.574. The summed E-state index contributed by atoms with van der Waals surface area (Å²) in [5.41, 5.74) is 8.78. The number of nitrogen functional groups attached to an aromatic ring is 1. The minimum absolute atomic E-state index is 0.558. The predicted molar refractivity (Wildman–Crippen MR) is 74.8 cm³/mol. The van der Waals surface area contributed by atoms with Crippen molar-refractivity contribution in [2.45, 2.75) is 0 Å². The Morgan fingerprint density at radius 1 is 1.16 bits per heavy atom. The molecule has 0 bridgehead atoms. The Kier molecular flexibility index (Phi) is 2.07. The Morgan fingerprint density at radius 2 is 2.11 bits per heavy atom. The third-order valence-electron chi connectivity index (χ3n) is 2.82. The van der Waals surface area contributed by atoms with Crippen LogP contribution in [0.4, 0.5) is 5.13 Å². The SMILES string of the molecule is Nc1nc2ccc(-c3nc4ncccc4o3)cc2s1. The van der Waals surface area contributed by atoms with Crippen molar-refractivity contribution in [3.63, 3.8) is 0 Å². The summed E-state index contributed by atoms with van der Waals surface area (Å²) in [6, 6.07) is 9.49. The lowest BCUT2D eigenvalue weighted by Gasteiger charge is -1.94. The summed E-state index contributed by atoms with van der Waals surface area (Å²) >= 11 is 1.45. The van der Waals surface area contributed by atoms with Crippen molar-refractivity contribution in [3.05, 3.63) is 36.5 Å². The second kappa shape index (κ2) is 3.76. The van der Waals surface area contributed by atoms with Crippen LogP contribution >= 0.6 is 11.3 Å². The molecule has 0 saturated carbocycles. The minimum Gasteiger partial charge on any atom is -0.434 e. The lowest BCUT2D eigenvalue weighted by Crippen LogP contribution is -1.79. The molecule has 1 aromatic carbocycles. The number of thiazole rings is 1. The lowest BCUT2D eigenvalue weighted by atomic mass is 10.2. The Hall–Kier alpha value is -2.47. The first-order valence-electron chi connectivity index (χ1n) is 5.67. The van der Waals surface area contributed by atoms with E-state index >= 15 is 0 Å². The molecule has 0 amide bonds. The normalized spacial score (nSPS) is 11.4. The smallest absolute Gasteiger partial charge is 0.228 e. The molecule has 0 fully saturated rings. The van der Waals surface area contributed by atoms with Gasteiger partial charge >= 0.3 is 0 Å². The molecule has 0 aliphatic heterocycles. The van der Waals surface area contributed by atoms with Gasteiger partial charge in [-0.05, 0) is 30.3 Å². The van der Waals surface area contributed by atoms with Gasteiger partial charge in [0.05, 0.1) is 10.2 Å². The van der Waals surface area contributed by atoms with E-state index in [1.807, 2.05) is 30.3 Å². The van der Waals surface area contributed by atoms with Crippen LogP contribution in [0.5, 0.6) is 0 Å². The van der Waals surface area contributed by atoms with Crippen molar-refractivity contribution in [2.75, 3.05) is 5.73 Å². The molecule has 5 nitrogen and oxygen atoms in total. The molecule has 4 aromatic rings. The molecule has 0 saturated heterocycles. The summed E-state index contributed by atoms with van der Waals surface area (Å²) in [4.78, 5) is 12.8. The van der Waals surface area contributed by atoms with E-state index in [-0.39, 0.29) is 0 Å². The molecule has 3 aromatic heterocycles. The van der Waals surface area contributed by atoms with Gasteiger partial charge in [0, 0.05) is 11.8 Å². The predicted octanol–water partition coefficient (Wildman–Crippen LogP) is 3.08. The number of pyridine rings is 1. The largest absolute Gasteiger partial charge is 0.434 e. The summed E-state index contributed by atoms with van der Waals surface area (Å²) < 4.78 is 6.71. The van der Waals surface area contributed by atoms with Crippen molar-refractivity contribution in [2.24, 2.45) is 0 Å². The van der Waals surface area contributed by atoms with Gasteiger partial charge in [-0.25, -0.2) is 9.97 Å². The van der Waals surface area contributed by atoms with Crippen LogP contribution < -0.4 is 5.73 Å². The molecule has 0 aliphatic carbocycles. The van der Waals surface area contributed by atoms with E-state index in [1.54, 1.807) is 6.20 Å². The van der Waals surface area contributed by atoms with Gasteiger partial charge in [0.1, 0.15) is 0 Å². The molecule has 0 unspecified atom stereocenters. The fourth-order valence-electron chi connectivity index (χ4n) is 1.97. The first-order valence-corrected chi connectivity index (χ1v) is 6.49. The molecule has 4 rings (SSSR count). The average Bonchev–Trinajstić information content (AvgIpc) is 2.99. The van der Waals surface area contributed by atoms with Crippen molar-refractivity contribution in [3.8, 4) is 11.5 Å². The van der Waals surface area contributed by atoms with Crippen LogP contribution in [0.1, 0.15) is 0 Å². The van der Waals surface area contributed by atoms with Crippen LogP contribution in [-0.2, 0) is 0 Å². The summed E-state index contributed by atoms with van der Waals surface area (Å²) in [5.74, 6) is 0.558. The van der Waals surface area contributed by atoms with E-state index in [2.05, 4.69) is 15.0 Å². The van der Waals surface area contributed by atoms with E-state index < -0.39 is 0 Å². The zero-order chi connectivity index (χ0) is 12.8. The summed E-state index contributed by atoms with van der Waals surface area (Å²) in [5, 5.41) is 0.561. The molecular formula is C13H8N4OS. The highest BCUT2D eigenvalue weighted by molar-refractivity contribution is 7.22. The van der Waals surface area contributed by atoms with E-state index in [1.165, 1.54) is 11.3 Å².